The summed E-state index contributed by atoms with van der Waals surface area (Å²) in [7, 11) is 0. The van der Waals surface area contributed by atoms with E-state index >= 15 is 0 Å². The molecule has 1 aromatic heterocycles. The standard InChI is InChI=1S/C24H19F3N4O3/c25-24(26,27)18-8-5-15(6-9-18)14-1-3-16(4-2-14)22(33)30-21(13-32)23(34)29-19-10-7-17-12-28-31-20(17)11-19/h1-12,21,32H,13H2,(H,28,31)(H,29,34)(H,30,33)/t21-/m0/s1. The molecule has 2 amide bonds. The highest BCUT2D eigenvalue weighted by atomic mass is 19.4. The first-order valence-corrected chi connectivity index (χ1v) is 10.2. The van der Waals surface area contributed by atoms with Gasteiger partial charge >= 0.3 is 6.18 Å². The van der Waals surface area contributed by atoms with Crippen molar-refractivity contribution in [2.75, 3.05) is 11.9 Å². The largest absolute Gasteiger partial charge is 0.416 e. The van der Waals surface area contributed by atoms with Crippen molar-refractivity contribution >= 4 is 28.4 Å². The van der Waals surface area contributed by atoms with E-state index in [-0.39, 0.29) is 5.56 Å². The lowest BCUT2D eigenvalue weighted by Gasteiger charge is -2.16. The number of aromatic amines is 1. The van der Waals surface area contributed by atoms with Crippen molar-refractivity contribution in [2.45, 2.75) is 12.2 Å². The van der Waals surface area contributed by atoms with Crippen molar-refractivity contribution < 1.29 is 27.9 Å². The molecule has 1 heterocycles. The number of alkyl halides is 3. The molecule has 7 nitrogen and oxygen atoms in total. The van der Waals surface area contributed by atoms with E-state index in [0.717, 1.165) is 23.0 Å². The third-order valence-corrected chi connectivity index (χ3v) is 5.21. The lowest BCUT2D eigenvalue weighted by Crippen LogP contribution is -2.46. The molecule has 0 saturated heterocycles. The number of benzene rings is 3. The molecule has 0 radical (unpaired) electrons. The maximum absolute atomic E-state index is 12.7. The number of aliphatic hydroxyl groups is 1. The number of nitrogens with one attached hydrogen (secondary N) is 3. The summed E-state index contributed by atoms with van der Waals surface area (Å²) in [5.41, 5.74) is 1.84. The van der Waals surface area contributed by atoms with Crippen LogP contribution in [0.25, 0.3) is 22.0 Å². The van der Waals surface area contributed by atoms with Crippen molar-refractivity contribution in [3.63, 3.8) is 0 Å². The van der Waals surface area contributed by atoms with E-state index in [1.165, 1.54) is 24.3 Å². The SMILES string of the molecule is O=C(N[C@@H](CO)C(=O)Nc1ccc2cn[nH]c2c1)c1ccc(-c2ccc(C(F)(F)F)cc2)cc1. The third kappa shape index (κ3) is 5.07. The molecule has 0 bridgehead atoms. The Morgan fingerprint density at radius 1 is 0.971 bits per heavy atom. The predicted molar refractivity (Wildman–Crippen MR) is 120 cm³/mol. The summed E-state index contributed by atoms with van der Waals surface area (Å²) in [5.74, 6) is -1.19. The van der Waals surface area contributed by atoms with Crippen LogP contribution in [0, 0.1) is 0 Å². The van der Waals surface area contributed by atoms with E-state index < -0.39 is 36.2 Å². The number of hydrogen-bond donors (Lipinski definition) is 4. The average Bonchev–Trinajstić information content (AvgIpc) is 3.30. The highest BCUT2D eigenvalue weighted by molar-refractivity contribution is 6.02. The van der Waals surface area contributed by atoms with E-state index in [4.69, 9.17) is 0 Å². The van der Waals surface area contributed by atoms with Crippen LogP contribution in [0.15, 0.2) is 72.9 Å². The molecule has 34 heavy (non-hydrogen) atoms. The first-order valence-electron chi connectivity index (χ1n) is 10.2. The number of nitrogens with zero attached hydrogens (tertiary/aromatic N) is 1. The van der Waals surface area contributed by atoms with Gasteiger partial charge in [-0.15, -0.1) is 0 Å². The van der Waals surface area contributed by atoms with Crippen LogP contribution in [0.3, 0.4) is 0 Å². The molecule has 4 N–H and O–H groups in total. The van der Waals surface area contributed by atoms with Crippen LogP contribution in [-0.2, 0) is 11.0 Å². The number of fused-ring (bicyclic) bond motifs is 1. The van der Waals surface area contributed by atoms with Crippen LogP contribution in [0.1, 0.15) is 15.9 Å². The number of halogens is 3. The average molecular weight is 468 g/mol. The van der Waals surface area contributed by atoms with Crippen molar-refractivity contribution in [1.29, 1.82) is 0 Å². The van der Waals surface area contributed by atoms with Crippen LogP contribution in [0.5, 0.6) is 0 Å². The number of H-pyrrole nitrogens is 1. The van der Waals surface area contributed by atoms with Gasteiger partial charge in [-0.05, 0) is 53.6 Å². The predicted octanol–water partition coefficient (Wildman–Crippen LogP) is 3.98. The van der Waals surface area contributed by atoms with Gasteiger partial charge in [0.05, 0.1) is 23.9 Å². The van der Waals surface area contributed by atoms with E-state index in [2.05, 4.69) is 20.8 Å². The molecule has 0 aliphatic rings. The monoisotopic (exact) mass is 468 g/mol. The minimum atomic E-state index is -4.41. The highest BCUT2D eigenvalue weighted by Crippen LogP contribution is 2.31. The topological polar surface area (TPSA) is 107 Å². The first kappa shape index (κ1) is 23.0. The summed E-state index contributed by atoms with van der Waals surface area (Å²) in [6, 6.07) is 14.8. The van der Waals surface area contributed by atoms with Crippen LogP contribution < -0.4 is 10.6 Å². The maximum Gasteiger partial charge on any atom is 0.416 e. The van der Waals surface area contributed by atoms with Crippen LogP contribution >= 0.6 is 0 Å². The molecule has 4 rings (SSSR count). The molecular formula is C24H19F3N4O3. The molecule has 3 aromatic carbocycles. The summed E-state index contributed by atoms with van der Waals surface area (Å²) in [5, 5.41) is 22.3. The summed E-state index contributed by atoms with van der Waals surface area (Å²) < 4.78 is 38.2. The Labute approximate surface area is 191 Å². The zero-order chi connectivity index (χ0) is 24.3. The van der Waals surface area contributed by atoms with Crippen molar-refractivity contribution in [3.05, 3.63) is 84.1 Å². The van der Waals surface area contributed by atoms with E-state index in [1.807, 2.05) is 0 Å². The third-order valence-electron chi connectivity index (χ3n) is 5.21. The first-order chi connectivity index (χ1) is 16.2. The number of hydrogen-bond acceptors (Lipinski definition) is 4. The number of anilines is 1. The number of rotatable bonds is 6. The molecule has 0 aliphatic carbocycles. The molecule has 0 aliphatic heterocycles. The summed E-state index contributed by atoms with van der Waals surface area (Å²) in [6.07, 6.45) is -2.78. The van der Waals surface area contributed by atoms with Gasteiger partial charge in [0, 0.05) is 16.6 Å². The number of aliphatic hydroxyl groups excluding tert-OH is 1. The van der Waals surface area contributed by atoms with Gasteiger partial charge in [-0.1, -0.05) is 24.3 Å². The molecular weight excluding hydrogens is 449 g/mol. The van der Waals surface area contributed by atoms with Crippen molar-refractivity contribution in [2.24, 2.45) is 0 Å². The molecule has 0 spiro atoms. The Balaban J connectivity index is 1.40. The van der Waals surface area contributed by atoms with E-state index in [1.54, 1.807) is 36.5 Å². The summed E-state index contributed by atoms with van der Waals surface area (Å²) >= 11 is 0. The normalized spacial score (nSPS) is 12.4. The van der Waals surface area contributed by atoms with Gasteiger partial charge < -0.3 is 15.7 Å². The second-order valence-corrected chi connectivity index (χ2v) is 7.52. The number of carbonyl (C=O) groups is 2. The second-order valence-electron chi connectivity index (χ2n) is 7.52. The molecule has 0 unspecified atom stereocenters. The Bertz CT molecular complexity index is 1320. The Kier molecular flexibility index (Phi) is 6.33. The number of carbonyl (C=O) groups excluding carboxylic acids is 2. The Hall–Kier alpha value is -4.18. The molecule has 174 valence electrons. The van der Waals surface area contributed by atoms with Gasteiger partial charge in [-0.25, -0.2) is 0 Å². The van der Waals surface area contributed by atoms with Gasteiger partial charge in [0.1, 0.15) is 6.04 Å². The Morgan fingerprint density at radius 3 is 2.24 bits per heavy atom. The highest BCUT2D eigenvalue weighted by Gasteiger charge is 2.30. The van der Waals surface area contributed by atoms with Crippen molar-refractivity contribution in [3.8, 4) is 11.1 Å². The van der Waals surface area contributed by atoms with E-state index in [9.17, 15) is 27.9 Å². The fraction of sp³-hybridized carbons (Fsp3) is 0.125. The quantitative estimate of drug-likeness (QED) is 0.343. The lowest BCUT2D eigenvalue weighted by molar-refractivity contribution is -0.137. The fourth-order valence-electron chi connectivity index (χ4n) is 3.35. The van der Waals surface area contributed by atoms with Gasteiger partial charge in [-0.3, -0.25) is 14.7 Å². The maximum atomic E-state index is 12.7. The minimum Gasteiger partial charge on any atom is -0.394 e. The smallest absolute Gasteiger partial charge is 0.394 e. The van der Waals surface area contributed by atoms with Gasteiger partial charge in [0.2, 0.25) is 5.91 Å². The van der Waals surface area contributed by atoms with E-state index in [0.29, 0.717) is 16.8 Å². The molecule has 4 aromatic rings. The van der Waals surface area contributed by atoms with Crippen LogP contribution in [0.2, 0.25) is 0 Å². The van der Waals surface area contributed by atoms with Crippen LogP contribution in [0.4, 0.5) is 18.9 Å². The lowest BCUT2D eigenvalue weighted by atomic mass is 10.0. The number of aromatic nitrogens is 2. The molecule has 0 fully saturated rings. The Morgan fingerprint density at radius 2 is 1.62 bits per heavy atom. The second kappa shape index (κ2) is 9.36. The molecule has 1 atom stereocenters. The molecule has 0 saturated carbocycles. The van der Waals surface area contributed by atoms with Gasteiger partial charge in [0.15, 0.2) is 0 Å². The minimum absolute atomic E-state index is 0.223. The van der Waals surface area contributed by atoms with Crippen molar-refractivity contribution in [1.82, 2.24) is 15.5 Å². The van der Waals surface area contributed by atoms with Crippen LogP contribution in [-0.4, -0.2) is 39.8 Å². The van der Waals surface area contributed by atoms with Gasteiger partial charge in [0.25, 0.3) is 5.91 Å². The zero-order valence-electron chi connectivity index (χ0n) is 17.6. The summed E-state index contributed by atoms with van der Waals surface area (Å²) in [6.45, 7) is -0.618. The summed E-state index contributed by atoms with van der Waals surface area (Å²) in [4.78, 5) is 25.1. The molecule has 10 heteroatoms. The zero-order valence-corrected chi connectivity index (χ0v) is 17.6. The fourth-order valence-corrected chi connectivity index (χ4v) is 3.35. The van der Waals surface area contributed by atoms with Gasteiger partial charge in [-0.2, -0.15) is 18.3 Å². The number of amides is 2.